The highest BCUT2D eigenvalue weighted by molar-refractivity contribution is 7.89. The first-order valence-electron chi connectivity index (χ1n) is 13.1. The van der Waals surface area contributed by atoms with Gasteiger partial charge in [-0.3, -0.25) is 4.79 Å². The molecular weight excluding hydrogens is 520 g/mol. The molecule has 2 aliphatic rings. The molecule has 208 valence electrons. The quantitative estimate of drug-likeness (QED) is 0.487. The van der Waals surface area contributed by atoms with Gasteiger partial charge in [0.05, 0.1) is 25.1 Å². The second-order valence-electron chi connectivity index (χ2n) is 9.31. The Kier molecular flexibility index (Phi) is 8.71. The number of hydrogen-bond donors (Lipinski definition) is 2. The number of anilines is 1. The average Bonchev–Trinajstić information content (AvgIpc) is 3.09. The molecule has 0 saturated carbocycles. The molecule has 0 radical (unpaired) electrons. The Bertz CT molecular complexity index is 1430. The van der Waals surface area contributed by atoms with E-state index in [2.05, 4.69) is 15.6 Å². The molecular formula is C28H34N4O6S. The van der Waals surface area contributed by atoms with Gasteiger partial charge >= 0.3 is 5.97 Å². The number of ether oxygens (including phenoxy) is 2. The summed E-state index contributed by atoms with van der Waals surface area (Å²) in [5, 5.41) is 5.97. The van der Waals surface area contributed by atoms with Crippen molar-refractivity contribution in [2.45, 2.75) is 57.4 Å². The van der Waals surface area contributed by atoms with Crippen molar-refractivity contribution in [3.8, 4) is 5.75 Å². The minimum Gasteiger partial charge on any atom is -0.495 e. The van der Waals surface area contributed by atoms with Crippen LogP contribution in [0.5, 0.6) is 5.75 Å². The molecule has 0 bridgehead atoms. The Morgan fingerprint density at radius 2 is 1.92 bits per heavy atom. The number of amides is 1. The Morgan fingerprint density at radius 3 is 2.62 bits per heavy atom. The number of esters is 1. The van der Waals surface area contributed by atoms with Gasteiger partial charge in [-0.2, -0.15) is 4.31 Å². The third kappa shape index (κ3) is 5.84. The predicted octanol–water partition coefficient (Wildman–Crippen LogP) is 4.37. The van der Waals surface area contributed by atoms with Crippen molar-refractivity contribution in [1.29, 1.82) is 0 Å². The van der Waals surface area contributed by atoms with Gasteiger partial charge in [-0.1, -0.05) is 25.5 Å². The van der Waals surface area contributed by atoms with Crippen LogP contribution in [0.4, 0.5) is 11.4 Å². The van der Waals surface area contributed by atoms with E-state index in [0.717, 1.165) is 19.3 Å². The summed E-state index contributed by atoms with van der Waals surface area (Å²) in [6, 6.07) is 11.3. The minimum absolute atomic E-state index is 0.0117. The average molecular weight is 555 g/mol. The molecule has 10 nitrogen and oxygen atoms in total. The normalized spacial score (nSPS) is 17.8. The van der Waals surface area contributed by atoms with Gasteiger partial charge in [0.15, 0.2) is 0 Å². The number of methoxy groups -OCH3 is 1. The maximum absolute atomic E-state index is 13.6. The predicted molar refractivity (Wildman–Crippen MR) is 149 cm³/mol. The van der Waals surface area contributed by atoms with Gasteiger partial charge < -0.3 is 20.1 Å². The van der Waals surface area contributed by atoms with E-state index in [1.165, 1.54) is 29.6 Å². The summed E-state index contributed by atoms with van der Waals surface area (Å²) in [4.78, 5) is 31.1. The SMILES string of the molecule is CCOC(=O)C1=C(CC)Nc2ccccc2N=C1NC(=O)c1ccc(OC)c(S(=O)(=O)N2CCCC[C@@H]2C)c1. The van der Waals surface area contributed by atoms with Crippen molar-refractivity contribution in [2.75, 3.05) is 25.6 Å². The molecule has 2 N–H and O–H groups in total. The number of para-hydroxylation sites is 2. The summed E-state index contributed by atoms with van der Waals surface area (Å²) in [6.45, 7) is 5.99. The first-order chi connectivity index (χ1) is 18.7. The van der Waals surface area contributed by atoms with Crippen LogP contribution in [0.1, 0.15) is 56.8 Å². The molecule has 0 aromatic heterocycles. The van der Waals surface area contributed by atoms with Crippen molar-refractivity contribution in [1.82, 2.24) is 9.62 Å². The number of carbonyl (C=O) groups excluding carboxylic acids is 2. The molecule has 0 unspecified atom stereocenters. The largest absolute Gasteiger partial charge is 0.495 e. The van der Waals surface area contributed by atoms with Gasteiger partial charge in [0.2, 0.25) is 10.0 Å². The van der Waals surface area contributed by atoms with Crippen LogP contribution in [0.25, 0.3) is 0 Å². The molecule has 2 aromatic rings. The number of rotatable bonds is 7. The van der Waals surface area contributed by atoms with E-state index in [9.17, 15) is 18.0 Å². The summed E-state index contributed by atoms with van der Waals surface area (Å²) in [6.07, 6.45) is 2.93. The second-order valence-corrected chi connectivity index (χ2v) is 11.2. The molecule has 2 heterocycles. The van der Waals surface area contributed by atoms with Gasteiger partial charge in [0.1, 0.15) is 22.1 Å². The fourth-order valence-electron chi connectivity index (χ4n) is 4.75. The van der Waals surface area contributed by atoms with Gasteiger partial charge in [0.25, 0.3) is 5.91 Å². The molecule has 1 amide bonds. The topological polar surface area (TPSA) is 126 Å². The van der Waals surface area contributed by atoms with E-state index in [1.54, 1.807) is 19.1 Å². The van der Waals surface area contributed by atoms with E-state index in [4.69, 9.17) is 9.47 Å². The Balaban J connectivity index is 1.75. The molecule has 39 heavy (non-hydrogen) atoms. The van der Waals surface area contributed by atoms with Crippen LogP contribution in [0.3, 0.4) is 0 Å². The maximum Gasteiger partial charge on any atom is 0.343 e. The smallest absolute Gasteiger partial charge is 0.343 e. The number of hydrogen-bond acceptors (Lipinski definition) is 8. The number of carbonyl (C=O) groups is 2. The van der Waals surface area contributed by atoms with Gasteiger partial charge in [-0.05, 0) is 63.4 Å². The highest BCUT2D eigenvalue weighted by Crippen LogP contribution is 2.33. The summed E-state index contributed by atoms with van der Waals surface area (Å²) in [5.74, 6) is -1.10. The monoisotopic (exact) mass is 554 g/mol. The fourth-order valence-corrected chi connectivity index (χ4v) is 6.64. The van der Waals surface area contributed by atoms with Crippen molar-refractivity contribution < 1.29 is 27.5 Å². The van der Waals surface area contributed by atoms with E-state index >= 15 is 0 Å². The summed E-state index contributed by atoms with van der Waals surface area (Å²) >= 11 is 0. The van der Waals surface area contributed by atoms with Gasteiger partial charge in [-0.15, -0.1) is 0 Å². The van der Waals surface area contributed by atoms with Crippen molar-refractivity contribution in [3.05, 3.63) is 59.3 Å². The van der Waals surface area contributed by atoms with E-state index in [1.807, 2.05) is 26.0 Å². The zero-order valence-electron chi connectivity index (χ0n) is 22.6. The highest BCUT2D eigenvalue weighted by atomic mass is 32.2. The number of allylic oxidation sites excluding steroid dienone is 1. The molecule has 11 heteroatoms. The number of sulfonamides is 1. The molecule has 0 aliphatic carbocycles. The summed E-state index contributed by atoms with van der Waals surface area (Å²) in [7, 11) is -2.54. The lowest BCUT2D eigenvalue weighted by Crippen LogP contribution is -2.42. The third-order valence-electron chi connectivity index (χ3n) is 6.78. The van der Waals surface area contributed by atoms with Crippen LogP contribution in [0.2, 0.25) is 0 Å². The molecule has 4 rings (SSSR count). The van der Waals surface area contributed by atoms with Crippen LogP contribution in [-0.4, -0.2) is 56.7 Å². The molecule has 1 atom stereocenters. The number of nitrogens with one attached hydrogen (secondary N) is 2. The standard InChI is InChI=1S/C28H34N4O6S/c1-5-20-25(28(34)38-6-2)26(30-22-13-8-7-12-21(22)29-20)31-27(33)19-14-15-23(37-4)24(17-19)39(35,36)32-16-10-9-11-18(32)3/h7-8,12-15,17-18,29H,5-6,9-11,16H2,1-4H3,(H,30,31,33)/t18-/m0/s1. The second kappa shape index (κ2) is 12.0. The Labute approximate surface area is 229 Å². The van der Waals surface area contributed by atoms with E-state index < -0.39 is 21.9 Å². The number of fused-ring (bicyclic) bond motifs is 1. The van der Waals surface area contributed by atoms with Crippen molar-refractivity contribution in [2.24, 2.45) is 4.99 Å². The van der Waals surface area contributed by atoms with Gasteiger partial charge in [-0.25, -0.2) is 18.2 Å². The van der Waals surface area contributed by atoms with Crippen LogP contribution in [0, 0.1) is 0 Å². The maximum atomic E-state index is 13.6. The lowest BCUT2D eigenvalue weighted by atomic mass is 10.1. The fraction of sp³-hybridized carbons (Fsp3) is 0.393. The number of piperidine rings is 1. The summed E-state index contributed by atoms with van der Waals surface area (Å²) < 4.78 is 39.4. The molecule has 1 fully saturated rings. The van der Waals surface area contributed by atoms with Crippen LogP contribution in [0.15, 0.2) is 63.6 Å². The number of aliphatic imine (C=N–C) groups is 1. The molecule has 2 aromatic carbocycles. The molecule has 1 saturated heterocycles. The minimum atomic E-state index is -3.93. The lowest BCUT2D eigenvalue weighted by molar-refractivity contribution is -0.137. The van der Waals surface area contributed by atoms with Crippen LogP contribution in [-0.2, 0) is 19.6 Å². The van der Waals surface area contributed by atoms with Gasteiger partial charge in [0, 0.05) is 23.8 Å². The Morgan fingerprint density at radius 1 is 1.15 bits per heavy atom. The lowest BCUT2D eigenvalue weighted by Gasteiger charge is -2.32. The molecule has 2 aliphatic heterocycles. The van der Waals surface area contributed by atoms with Crippen molar-refractivity contribution >= 4 is 39.1 Å². The first-order valence-corrected chi connectivity index (χ1v) is 14.5. The number of amidine groups is 1. The van der Waals surface area contributed by atoms with E-state index in [0.29, 0.717) is 30.0 Å². The summed E-state index contributed by atoms with van der Waals surface area (Å²) in [5.41, 5.74) is 1.92. The van der Waals surface area contributed by atoms with Crippen LogP contribution < -0.4 is 15.4 Å². The zero-order valence-corrected chi connectivity index (χ0v) is 23.4. The number of nitrogens with zero attached hydrogens (tertiary/aromatic N) is 2. The molecule has 0 spiro atoms. The van der Waals surface area contributed by atoms with Crippen molar-refractivity contribution in [3.63, 3.8) is 0 Å². The zero-order chi connectivity index (χ0) is 28.2. The highest BCUT2D eigenvalue weighted by Gasteiger charge is 2.34. The first kappa shape index (κ1) is 28.3. The Hall–Kier alpha value is -3.70. The number of benzene rings is 2. The van der Waals surface area contributed by atoms with Crippen LogP contribution >= 0.6 is 0 Å². The van der Waals surface area contributed by atoms with E-state index in [-0.39, 0.29) is 40.3 Å². The third-order valence-corrected chi connectivity index (χ3v) is 8.81.